The van der Waals surface area contributed by atoms with E-state index in [1.165, 1.54) is 12.1 Å². The van der Waals surface area contributed by atoms with Crippen molar-refractivity contribution in [1.82, 2.24) is 4.98 Å². The number of carbonyl (C=O) groups excluding carboxylic acids is 1. The number of phenolic OH excluding ortho intramolecular Hbond substituents is 1. The predicted molar refractivity (Wildman–Crippen MR) is 88.3 cm³/mol. The lowest BCUT2D eigenvalue weighted by Gasteiger charge is -2.15. The Labute approximate surface area is 137 Å². The summed E-state index contributed by atoms with van der Waals surface area (Å²) in [6.07, 6.45) is 1.56. The third-order valence-corrected chi connectivity index (χ3v) is 4.15. The van der Waals surface area contributed by atoms with Crippen LogP contribution in [0.25, 0.3) is 11.3 Å². The van der Waals surface area contributed by atoms with Crippen molar-refractivity contribution in [3.63, 3.8) is 0 Å². The van der Waals surface area contributed by atoms with Crippen LogP contribution in [-0.4, -0.2) is 16.0 Å². The molecule has 24 heavy (non-hydrogen) atoms. The Morgan fingerprint density at radius 3 is 2.50 bits per heavy atom. The molecule has 0 aliphatic carbocycles. The van der Waals surface area contributed by atoms with Crippen LogP contribution in [0.3, 0.4) is 0 Å². The summed E-state index contributed by atoms with van der Waals surface area (Å²) in [7, 11) is 0. The van der Waals surface area contributed by atoms with Gasteiger partial charge >= 0.3 is 0 Å². The number of nitrogens with zero attached hydrogens (tertiary/aromatic N) is 2. The Balaban J connectivity index is 1.80. The van der Waals surface area contributed by atoms with Gasteiger partial charge in [0.05, 0.1) is 12.2 Å². The predicted octanol–water partition coefficient (Wildman–Crippen LogP) is 3.75. The second-order valence-corrected chi connectivity index (χ2v) is 5.57. The lowest BCUT2D eigenvalue weighted by molar-refractivity contribution is 0.0996. The number of anilines is 1. The lowest BCUT2D eigenvalue weighted by atomic mass is 10.0. The Hall–Kier alpha value is -3.21. The zero-order valence-electron chi connectivity index (χ0n) is 12.6. The van der Waals surface area contributed by atoms with Crippen molar-refractivity contribution in [2.75, 3.05) is 4.90 Å². The molecule has 0 bridgehead atoms. The van der Waals surface area contributed by atoms with Crippen molar-refractivity contribution in [3.8, 4) is 17.0 Å². The largest absolute Gasteiger partial charge is 0.507 e. The minimum atomic E-state index is -0.348. The third kappa shape index (κ3) is 2.22. The first-order valence-corrected chi connectivity index (χ1v) is 7.49. The van der Waals surface area contributed by atoms with Crippen LogP contribution in [0.15, 0.2) is 60.8 Å². The number of aromatic hydroxyl groups is 1. The molecule has 4 nitrogen and oxygen atoms in total. The van der Waals surface area contributed by atoms with E-state index in [1.54, 1.807) is 47.5 Å². The molecule has 2 heterocycles. The Morgan fingerprint density at radius 2 is 1.75 bits per heavy atom. The highest BCUT2D eigenvalue weighted by molar-refractivity contribution is 6.11. The number of rotatable bonds is 2. The van der Waals surface area contributed by atoms with Gasteiger partial charge in [-0.2, -0.15) is 0 Å². The van der Waals surface area contributed by atoms with Crippen molar-refractivity contribution < 1.29 is 14.3 Å². The maximum Gasteiger partial charge on any atom is 0.259 e. The summed E-state index contributed by atoms with van der Waals surface area (Å²) >= 11 is 0. The molecule has 3 aromatic rings. The quantitative estimate of drug-likeness (QED) is 0.782. The summed E-state index contributed by atoms with van der Waals surface area (Å²) in [4.78, 5) is 18.6. The smallest absolute Gasteiger partial charge is 0.259 e. The number of pyridine rings is 1. The van der Waals surface area contributed by atoms with E-state index in [-0.39, 0.29) is 17.5 Å². The van der Waals surface area contributed by atoms with Crippen LogP contribution in [0, 0.1) is 5.82 Å². The maximum atomic E-state index is 13.1. The molecule has 0 saturated carbocycles. The number of phenols is 1. The average Bonchev–Trinajstić information content (AvgIpc) is 2.93. The fourth-order valence-electron chi connectivity index (χ4n) is 2.96. The molecule has 0 radical (unpaired) electrons. The molecular weight excluding hydrogens is 307 g/mol. The first-order valence-electron chi connectivity index (χ1n) is 7.49. The molecule has 1 aliphatic heterocycles. The van der Waals surface area contributed by atoms with E-state index < -0.39 is 0 Å². The molecule has 0 unspecified atom stereocenters. The van der Waals surface area contributed by atoms with Crippen LogP contribution < -0.4 is 4.90 Å². The monoisotopic (exact) mass is 320 g/mol. The molecule has 1 amide bonds. The van der Waals surface area contributed by atoms with Gasteiger partial charge in [-0.1, -0.05) is 12.1 Å². The molecular formula is C19H13FN2O2. The van der Waals surface area contributed by atoms with Crippen molar-refractivity contribution >= 4 is 11.6 Å². The number of benzene rings is 2. The molecule has 4 rings (SSSR count). The molecule has 1 aliphatic rings. The maximum absolute atomic E-state index is 13.1. The molecule has 0 atom stereocenters. The number of amides is 1. The first-order chi connectivity index (χ1) is 11.6. The van der Waals surface area contributed by atoms with E-state index >= 15 is 0 Å². The van der Waals surface area contributed by atoms with Gasteiger partial charge in [0.25, 0.3) is 5.91 Å². The minimum Gasteiger partial charge on any atom is -0.507 e. The SMILES string of the molecule is O=C1c2ccnc(-c3ccccc3O)c2CN1c1ccc(F)cc1. The number of para-hydroxylation sites is 1. The highest BCUT2D eigenvalue weighted by Crippen LogP contribution is 2.36. The highest BCUT2D eigenvalue weighted by Gasteiger charge is 2.31. The molecule has 0 spiro atoms. The van der Waals surface area contributed by atoms with Crippen molar-refractivity contribution in [2.45, 2.75) is 6.54 Å². The lowest BCUT2D eigenvalue weighted by Crippen LogP contribution is -2.22. The number of fused-ring (bicyclic) bond motifs is 1. The number of aromatic nitrogens is 1. The summed E-state index contributed by atoms with van der Waals surface area (Å²) in [5, 5.41) is 10.1. The molecule has 118 valence electrons. The number of halogens is 1. The third-order valence-electron chi connectivity index (χ3n) is 4.15. The van der Waals surface area contributed by atoms with Crippen LogP contribution in [0.1, 0.15) is 15.9 Å². The second kappa shape index (κ2) is 5.45. The normalized spacial score (nSPS) is 13.2. The number of carbonyl (C=O) groups is 1. The van der Waals surface area contributed by atoms with Crippen LogP contribution in [0.5, 0.6) is 5.75 Å². The number of hydrogen-bond donors (Lipinski definition) is 1. The second-order valence-electron chi connectivity index (χ2n) is 5.57. The van der Waals surface area contributed by atoms with Gasteiger partial charge in [-0.15, -0.1) is 0 Å². The summed E-state index contributed by atoms with van der Waals surface area (Å²) in [6.45, 7) is 0.331. The summed E-state index contributed by atoms with van der Waals surface area (Å²) in [5.41, 5.74) is 3.11. The highest BCUT2D eigenvalue weighted by atomic mass is 19.1. The van der Waals surface area contributed by atoms with E-state index in [9.17, 15) is 14.3 Å². The molecule has 1 aromatic heterocycles. The minimum absolute atomic E-state index is 0.117. The van der Waals surface area contributed by atoms with Gasteiger partial charge < -0.3 is 10.0 Å². The van der Waals surface area contributed by atoms with Gasteiger partial charge in [-0.25, -0.2) is 4.39 Å². The molecule has 2 aromatic carbocycles. The van der Waals surface area contributed by atoms with Crippen LogP contribution in [0.4, 0.5) is 10.1 Å². The van der Waals surface area contributed by atoms with Crippen LogP contribution in [-0.2, 0) is 6.54 Å². The van der Waals surface area contributed by atoms with Crippen LogP contribution in [0.2, 0.25) is 0 Å². The molecule has 1 N–H and O–H groups in total. The fourth-order valence-corrected chi connectivity index (χ4v) is 2.96. The zero-order chi connectivity index (χ0) is 16.7. The fraction of sp³-hybridized carbons (Fsp3) is 0.0526. The summed E-state index contributed by atoms with van der Waals surface area (Å²) < 4.78 is 13.1. The first kappa shape index (κ1) is 14.4. The Morgan fingerprint density at radius 1 is 1.00 bits per heavy atom. The standard InChI is InChI=1S/C19H13FN2O2/c20-12-5-7-13(8-6-12)22-11-16-14(19(22)24)9-10-21-18(16)15-3-1-2-4-17(15)23/h1-10,23H,11H2. The topological polar surface area (TPSA) is 53.4 Å². The molecule has 0 fully saturated rings. The van der Waals surface area contributed by atoms with Crippen molar-refractivity contribution in [1.29, 1.82) is 0 Å². The van der Waals surface area contributed by atoms with E-state index in [0.717, 1.165) is 5.56 Å². The molecule has 0 saturated heterocycles. The van der Waals surface area contributed by atoms with Gasteiger partial charge in [0, 0.05) is 28.6 Å². The van der Waals surface area contributed by atoms with Gasteiger partial charge in [0.2, 0.25) is 0 Å². The van der Waals surface area contributed by atoms with Gasteiger partial charge in [-0.3, -0.25) is 9.78 Å². The van der Waals surface area contributed by atoms with Gasteiger partial charge in [0.15, 0.2) is 0 Å². The summed E-state index contributed by atoms with van der Waals surface area (Å²) in [6, 6.07) is 14.4. The summed E-state index contributed by atoms with van der Waals surface area (Å²) in [5.74, 6) is -0.388. The van der Waals surface area contributed by atoms with Crippen molar-refractivity contribution in [2.24, 2.45) is 0 Å². The Bertz CT molecular complexity index is 938. The average molecular weight is 320 g/mol. The Kier molecular flexibility index (Phi) is 3.27. The number of hydrogen-bond acceptors (Lipinski definition) is 3. The van der Waals surface area contributed by atoms with E-state index in [0.29, 0.717) is 29.1 Å². The zero-order valence-corrected chi connectivity index (χ0v) is 12.6. The molecule has 5 heteroatoms. The van der Waals surface area contributed by atoms with Gasteiger partial charge in [0.1, 0.15) is 11.6 Å². The van der Waals surface area contributed by atoms with E-state index in [4.69, 9.17) is 0 Å². The van der Waals surface area contributed by atoms with Crippen molar-refractivity contribution in [3.05, 3.63) is 77.7 Å². The van der Waals surface area contributed by atoms with Crippen LogP contribution >= 0.6 is 0 Å². The van der Waals surface area contributed by atoms with Gasteiger partial charge in [-0.05, 0) is 42.5 Å². The van der Waals surface area contributed by atoms with E-state index in [1.807, 2.05) is 6.07 Å². The van der Waals surface area contributed by atoms with E-state index in [2.05, 4.69) is 4.98 Å².